The van der Waals surface area contributed by atoms with E-state index in [9.17, 15) is 14.7 Å². The molecule has 2 fully saturated rings. The molecule has 3 aromatic heterocycles. The number of hydrogen-bond donors (Lipinski definition) is 1. The molecule has 2 aliphatic heterocycles. The van der Waals surface area contributed by atoms with Crippen molar-refractivity contribution in [1.29, 1.82) is 0 Å². The van der Waals surface area contributed by atoms with Gasteiger partial charge in [0.05, 0.1) is 24.2 Å². The van der Waals surface area contributed by atoms with Gasteiger partial charge in [-0.2, -0.15) is 9.97 Å². The molecule has 1 unspecified atom stereocenters. The molecule has 2 amide bonds. The number of carbonyl (C=O) groups is 2. The zero-order chi connectivity index (χ0) is 28.0. The predicted molar refractivity (Wildman–Crippen MR) is 148 cm³/mol. The first kappa shape index (κ1) is 26.1. The lowest BCUT2D eigenvalue weighted by atomic mass is 10.2. The Bertz CT molecular complexity index is 1580. The van der Waals surface area contributed by atoms with E-state index in [2.05, 4.69) is 11.8 Å². The Hall–Kier alpha value is -4.10. The van der Waals surface area contributed by atoms with Crippen LogP contribution in [-0.4, -0.2) is 114 Å². The molecule has 0 bridgehead atoms. The minimum atomic E-state index is -1.06. The lowest BCUT2D eigenvalue weighted by Gasteiger charge is -2.35. The van der Waals surface area contributed by atoms with Crippen LogP contribution in [0.4, 0.5) is 5.82 Å². The number of morpholine rings is 1. The molecular formula is C27H33N9O4. The summed E-state index contributed by atoms with van der Waals surface area (Å²) in [7, 11) is 1.79. The SMILES string of the molecule is CCc1nc2ccccc2n1-c1nc(N2CCOCC2)c2nc(C(=O)N3CCN(C(=O)C(C)O)CC3)n(C)c2n1. The van der Waals surface area contributed by atoms with Gasteiger partial charge in [-0.05, 0) is 19.1 Å². The van der Waals surface area contributed by atoms with Crippen molar-refractivity contribution in [2.75, 3.05) is 57.4 Å². The van der Waals surface area contributed by atoms with Crippen LogP contribution in [0.1, 0.15) is 30.3 Å². The topological polar surface area (TPSA) is 135 Å². The van der Waals surface area contributed by atoms with E-state index >= 15 is 0 Å². The molecule has 2 aliphatic rings. The van der Waals surface area contributed by atoms with Crippen LogP contribution in [-0.2, 0) is 23.0 Å². The van der Waals surface area contributed by atoms with Gasteiger partial charge >= 0.3 is 0 Å². The van der Waals surface area contributed by atoms with Gasteiger partial charge in [0.2, 0.25) is 11.8 Å². The maximum atomic E-state index is 13.7. The average molecular weight is 548 g/mol. The minimum Gasteiger partial charge on any atom is -0.384 e. The molecule has 0 aliphatic carbocycles. The molecule has 1 aromatic carbocycles. The van der Waals surface area contributed by atoms with E-state index < -0.39 is 6.10 Å². The molecule has 4 aromatic rings. The Morgan fingerprint density at radius 3 is 2.38 bits per heavy atom. The van der Waals surface area contributed by atoms with Gasteiger partial charge in [0.1, 0.15) is 11.9 Å². The van der Waals surface area contributed by atoms with Crippen molar-refractivity contribution >= 4 is 39.8 Å². The summed E-state index contributed by atoms with van der Waals surface area (Å²) in [5.74, 6) is 1.68. The number of benzene rings is 1. The number of para-hydroxylation sites is 2. The molecule has 13 heteroatoms. The molecule has 6 rings (SSSR count). The quantitative estimate of drug-likeness (QED) is 0.384. The van der Waals surface area contributed by atoms with Gasteiger partial charge in [0, 0.05) is 52.7 Å². The zero-order valence-electron chi connectivity index (χ0n) is 22.9. The van der Waals surface area contributed by atoms with Crippen molar-refractivity contribution in [1.82, 2.24) is 38.9 Å². The Kier molecular flexibility index (Phi) is 6.84. The first-order valence-corrected chi connectivity index (χ1v) is 13.7. The molecule has 0 spiro atoms. The molecule has 5 heterocycles. The number of aromatic nitrogens is 6. The molecule has 40 heavy (non-hydrogen) atoms. The fraction of sp³-hybridized carbons (Fsp3) is 0.481. The highest BCUT2D eigenvalue weighted by molar-refractivity contribution is 5.97. The van der Waals surface area contributed by atoms with Gasteiger partial charge in [-0.25, -0.2) is 9.97 Å². The number of fused-ring (bicyclic) bond motifs is 2. The number of imidazole rings is 2. The fourth-order valence-corrected chi connectivity index (χ4v) is 5.39. The lowest BCUT2D eigenvalue weighted by Crippen LogP contribution is -2.52. The molecule has 210 valence electrons. The Balaban J connectivity index is 1.43. The number of aliphatic hydroxyl groups is 1. The summed E-state index contributed by atoms with van der Waals surface area (Å²) in [6.45, 7) is 7.37. The Morgan fingerprint density at radius 2 is 1.68 bits per heavy atom. The number of amides is 2. The van der Waals surface area contributed by atoms with Crippen molar-refractivity contribution in [3.8, 4) is 5.95 Å². The van der Waals surface area contributed by atoms with Crippen molar-refractivity contribution in [2.24, 2.45) is 7.05 Å². The number of rotatable bonds is 5. The molecule has 1 atom stereocenters. The van der Waals surface area contributed by atoms with Crippen molar-refractivity contribution < 1.29 is 19.4 Å². The highest BCUT2D eigenvalue weighted by Crippen LogP contribution is 2.29. The summed E-state index contributed by atoms with van der Waals surface area (Å²) in [6.07, 6.45) is -0.365. The van der Waals surface area contributed by atoms with E-state index in [1.807, 2.05) is 28.8 Å². The lowest BCUT2D eigenvalue weighted by molar-refractivity contribution is -0.140. The Morgan fingerprint density at radius 1 is 0.975 bits per heavy atom. The van der Waals surface area contributed by atoms with Gasteiger partial charge in [-0.1, -0.05) is 19.1 Å². The van der Waals surface area contributed by atoms with Crippen LogP contribution in [0.3, 0.4) is 0 Å². The Labute approximate surface area is 231 Å². The number of hydrogen-bond acceptors (Lipinski definition) is 9. The highest BCUT2D eigenvalue weighted by atomic mass is 16.5. The van der Waals surface area contributed by atoms with Crippen molar-refractivity contribution in [3.05, 3.63) is 35.9 Å². The monoisotopic (exact) mass is 547 g/mol. The first-order valence-electron chi connectivity index (χ1n) is 13.7. The molecule has 0 radical (unpaired) electrons. The van der Waals surface area contributed by atoms with E-state index in [0.29, 0.717) is 81.8 Å². The van der Waals surface area contributed by atoms with Crippen LogP contribution in [0.2, 0.25) is 0 Å². The largest absolute Gasteiger partial charge is 0.384 e. The second-order valence-corrected chi connectivity index (χ2v) is 10.1. The predicted octanol–water partition coefficient (Wildman–Crippen LogP) is 0.766. The van der Waals surface area contributed by atoms with Crippen molar-refractivity contribution in [2.45, 2.75) is 26.4 Å². The molecule has 2 saturated heterocycles. The summed E-state index contributed by atoms with van der Waals surface area (Å²) < 4.78 is 9.29. The van der Waals surface area contributed by atoms with E-state index in [0.717, 1.165) is 16.9 Å². The second kappa shape index (κ2) is 10.5. The number of nitrogens with zero attached hydrogens (tertiary/aromatic N) is 9. The zero-order valence-corrected chi connectivity index (χ0v) is 22.9. The smallest absolute Gasteiger partial charge is 0.290 e. The van der Waals surface area contributed by atoms with Crippen LogP contribution < -0.4 is 4.90 Å². The average Bonchev–Trinajstić information content (AvgIpc) is 3.54. The molecule has 1 N–H and O–H groups in total. The van der Waals surface area contributed by atoms with E-state index in [1.165, 1.54) is 6.92 Å². The van der Waals surface area contributed by atoms with E-state index in [1.54, 1.807) is 21.4 Å². The number of aliphatic hydroxyl groups excluding tert-OH is 1. The van der Waals surface area contributed by atoms with Crippen LogP contribution >= 0.6 is 0 Å². The van der Waals surface area contributed by atoms with Gasteiger partial charge < -0.3 is 29.1 Å². The number of piperazine rings is 1. The van der Waals surface area contributed by atoms with Gasteiger partial charge in [-0.15, -0.1) is 0 Å². The summed E-state index contributed by atoms with van der Waals surface area (Å²) in [6, 6.07) is 7.91. The summed E-state index contributed by atoms with van der Waals surface area (Å²) >= 11 is 0. The highest BCUT2D eigenvalue weighted by Gasteiger charge is 2.31. The number of carbonyl (C=O) groups excluding carboxylic acids is 2. The first-order chi connectivity index (χ1) is 19.4. The number of anilines is 1. The molecular weight excluding hydrogens is 514 g/mol. The van der Waals surface area contributed by atoms with Crippen LogP contribution in [0.15, 0.2) is 24.3 Å². The third-order valence-corrected chi connectivity index (χ3v) is 7.57. The summed E-state index contributed by atoms with van der Waals surface area (Å²) in [5, 5.41) is 9.64. The van der Waals surface area contributed by atoms with E-state index in [4.69, 9.17) is 24.7 Å². The number of aryl methyl sites for hydroxylation is 2. The van der Waals surface area contributed by atoms with Gasteiger partial charge in [0.15, 0.2) is 17.0 Å². The van der Waals surface area contributed by atoms with Gasteiger partial charge in [-0.3, -0.25) is 14.2 Å². The third-order valence-electron chi connectivity index (χ3n) is 7.57. The third kappa shape index (κ3) is 4.44. The van der Waals surface area contributed by atoms with Crippen molar-refractivity contribution in [3.63, 3.8) is 0 Å². The summed E-state index contributed by atoms with van der Waals surface area (Å²) in [5.41, 5.74) is 2.89. The van der Waals surface area contributed by atoms with Gasteiger partial charge in [0.25, 0.3) is 11.8 Å². The van der Waals surface area contributed by atoms with Crippen LogP contribution in [0.25, 0.3) is 28.1 Å². The van der Waals surface area contributed by atoms with Crippen LogP contribution in [0, 0.1) is 0 Å². The maximum Gasteiger partial charge on any atom is 0.290 e. The van der Waals surface area contributed by atoms with Crippen LogP contribution in [0.5, 0.6) is 0 Å². The molecule has 13 nitrogen and oxygen atoms in total. The minimum absolute atomic E-state index is 0.235. The molecule has 0 saturated carbocycles. The normalized spacial score (nSPS) is 17.1. The second-order valence-electron chi connectivity index (χ2n) is 10.1. The number of ether oxygens (including phenoxy) is 1. The van der Waals surface area contributed by atoms with E-state index in [-0.39, 0.29) is 17.6 Å². The fourth-order valence-electron chi connectivity index (χ4n) is 5.39. The standard InChI is InChI=1S/C27H33N9O4/c1-4-20-28-18-7-5-6-8-19(18)36(20)27-30-22-21(23(31-27)33-13-15-40-16-14-33)29-24(32(22)3)26(39)35-11-9-34(10-12-35)25(38)17(2)37/h5-8,17,37H,4,9-16H2,1-3H3. The maximum absolute atomic E-state index is 13.7. The summed E-state index contributed by atoms with van der Waals surface area (Å²) in [4.78, 5) is 50.8.